The second-order valence-corrected chi connectivity index (χ2v) is 4.30. The average Bonchev–Trinajstić information content (AvgIpc) is 2.55. The fraction of sp³-hybridized carbons (Fsp3) is 0. The van der Waals surface area contributed by atoms with Gasteiger partial charge in [-0.05, 0) is 17.7 Å². The van der Waals surface area contributed by atoms with E-state index in [0.717, 1.165) is 5.56 Å². The topological polar surface area (TPSA) is 84.6 Å². The molecule has 1 amide bonds. The van der Waals surface area contributed by atoms with E-state index in [9.17, 15) is 14.9 Å². The standard InChI is InChI=1S/C16H13N3O3/c20-16(14-9-4-10-15(12-14)19(21)22)18-17-11-5-8-13-6-2-1-3-7-13/h1-12H,(H,18,20). The summed E-state index contributed by atoms with van der Waals surface area (Å²) in [6, 6.07) is 15.1. The van der Waals surface area contributed by atoms with Crippen molar-refractivity contribution in [2.75, 3.05) is 0 Å². The van der Waals surface area contributed by atoms with Crippen molar-refractivity contribution in [2.45, 2.75) is 0 Å². The van der Waals surface area contributed by atoms with Crippen LogP contribution >= 0.6 is 0 Å². The van der Waals surface area contributed by atoms with Crippen LogP contribution in [0, 0.1) is 10.1 Å². The molecule has 6 nitrogen and oxygen atoms in total. The van der Waals surface area contributed by atoms with Gasteiger partial charge in [-0.25, -0.2) is 5.43 Å². The van der Waals surface area contributed by atoms with Gasteiger partial charge in [0.15, 0.2) is 0 Å². The molecule has 110 valence electrons. The summed E-state index contributed by atoms with van der Waals surface area (Å²) in [6.45, 7) is 0. The average molecular weight is 295 g/mol. The highest BCUT2D eigenvalue weighted by molar-refractivity contribution is 5.95. The Hall–Kier alpha value is -3.28. The number of benzene rings is 2. The Kier molecular flexibility index (Phi) is 5.15. The Labute approximate surface area is 126 Å². The lowest BCUT2D eigenvalue weighted by Crippen LogP contribution is -2.17. The Morgan fingerprint density at radius 1 is 1.14 bits per heavy atom. The van der Waals surface area contributed by atoms with Gasteiger partial charge in [-0.2, -0.15) is 5.10 Å². The van der Waals surface area contributed by atoms with E-state index < -0.39 is 10.8 Å². The number of nitrogens with zero attached hydrogens (tertiary/aromatic N) is 2. The van der Waals surface area contributed by atoms with Crippen molar-refractivity contribution in [3.63, 3.8) is 0 Å². The Morgan fingerprint density at radius 3 is 2.64 bits per heavy atom. The van der Waals surface area contributed by atoms with E-state index in [1.165, 1.54) is 30.5 Å². The molecule has 2 rings (SSSR count). The molecular weight excluding hydrogens is 282 g/mol. The van der Waals surface area contributed by atoms with Gasteiger partial charge in [0, 0.05) is 23.9 Å². The summed E-state index contributed by atoms with van der Waals surface area (Å²) in [5.41, 5.74) is 3.36. The molecule has 6 heteroatoms. The van der Waals surface area contributed by atoms with E-state index >= 15 is 0 Å². The third-order valence-electron chi connectivity index (χ3n) is 2.73. The number of amides is 1. The van der Waals surface area contributed by atoms with Gasteiger partial charge in [0.1, 0.15) is 0 Å². The number of hydrogen-bond acceptors (Lipinski definition) is 4. The maximum absolute atomic E-state index is 11.8. The summed E-state index contributed by atoms with van der Waals surface area (Å²) in [7, 11) is 0. The predicted octanol–water partition coefficient (Wildman–Crippen LogP) is 3.02. The number of nitrogens with one attached hydrogen (secondary N) is 1. The van der Waals surface area contributed by atoms with E-state index in [-0.39, 0.29) is 11.3 Å². The minimum absolute atomic E-state index is 0.138. The summed E-state index contributed by atoms with van der Waals surface area (Å²) in [6.07, 6.45) is 4.95. The number of carbonyl (C=O) groups is 1. The summed E-state index contributed by atoms with van der Waals surface area (Å²) in [4.78, 5) is 21.9. The zero-order chi connectivity index (χ0) is 15.8. The molecule has 0 saturated carbocycles. The second-order valence-electron chi connectivity index (χ2n) is 4.30. The molecular formula is C16H13N3O3. The first-order valence-electron chi connectivity index (χ1n) is 6.46. The SMILES string of the molecule is O=C(NN=CC=Cc1ccccc1)c1cccc([N+](=O)[O-])c1. The third-order valence-corrected chi connectivity index (χ3v) is 2.73. The molecule has 2 aromatic rings. The molecule has 0 aliphatic rings. The van der Waals surface area contributed by atoms with Crippen molar-refractivity contribution in [3.05, 3.63) is 81.9 Å². The first kappa shape index (κ1) is 15.1. The van der Waals surface area contributed by atoms with Gasteiger partial charge < -0.3 is 0 Å². The van der Waals surface area contributed by atoms with Crippen molar-refractivity contribution in [3.8, 4) is 0 Å². The maximum Gasteiger partial charge on any atom is 0.271 e. The Bertz CT molecular complexity index is 724. The molecule has 0 aliphatic carbocycles. The highest BCUT2D eigenvalue weighted by Gasteiger charge is 2.10. The molecule has 22 heavy (non-hydrogen) atoms. The third kappa shape index (κ3) is 4.38. The van der Waals surface area contributed by atoms with Gasteiger partial charge >= 0.3 is 0 Å². The molecule has 0 heterocycles. The van der Waals surface area contributed by atoms with Crippen LogP contribution in [0.5, 0.6) is 0 Å². The lowest BCUT2D eigenvalue weighted by Gasteiger charge is -1.98. The Morgan fingerprint density at radius 2 is 1.91 bits per heavy atom. The molecule has 0 fully saturated rings. The van der Waals surface area contributed by atoms with Crippen LogP contribution in [-0.4, -0.2) is 17.0 Å². The largest absolute Gasteiger partial charge is 0.271 e. The molecule has 0 aromatic heterocycles. The van der Waals surface area contributed by atoms with Crippen LogP contribution in [0.25, 0.3) is 6.08 Å². The van der Waals surface area contributed by atoms with Crippen LogP contribution in [0.1, 0.15) is 15.9 Å². The van der Waals surface area contributed by atoms with Gasteiger partial charge in [-0.3, -0.25) is 14.9 Å². The molecule has 0 atom stereocenters. The number of hydrogen-bond donors (Lipinski definition) is 1. The van der Waals surface area contributed by atoms with Crippen molar-refractivity contribution in [2.24, 2.45) is 5.10 Å². The first-order chi connectivity index (χ1) is 10.7. The Balaban J connectivity index is 1.92. The van der Waals surface area contributed by atoms with Crippen molar-refractivity contribution >= 4 is 23.9 Å². The molecule has 0 unspecified atom stereocenters. The minimum Gasteiger partial charge on any atom is -0.267 e. The zero-order valence-corrected chi connectivity index (χ0v) is 11.5. The zero-order valence-electron chi connectivity index (χ0n) is 11.5. The van der Waals surface area contributed by atoms with E-state index in [1.807, 2.05) is 36.4 Å². The van der Waals surface area contributed by atoms with E-state index in [4.69, 9.17) is 0 Å². The smallest absolute Gasteiger partial charge is 0.267 e. The van der Waals surface area contributed by atoms with Crippen LogP contribution < -0.4 is 5.43 Å². The molecule has 0 radical (unpaired) electrons. The van der Waals surface area contributed by atoms with Gasteiger partial charge in [0.05, 0.1) is 4.92 Å². The van der Waals surface area contributed by atoms with Gasteiger partial charge in [0.25, 0.3) is 11.6 Å². The van der Waals surface area contributed by atoms with Gasteiger partial charge in [-0.1, -0.05) is 42.5 Å². The number of hydrazone groups is 1. The number of nitro benzene ring substituents is 1. The lowest BCUT2D eigenvalue weighted by atomic mass is 10.2. The first-order valence-corrected chi connectivity index (χ1v) is 6.46. The number of carbonyl (C=O) groups excluding carboxylic acids is 1. The van der Waals surface area contributed by atoms with E-state index in [2.05, 4.69) is 10.5 Å². The summed E-state index contributed by atoms with van der Waals surface area (Å²) in [5.74, 6) is -0.506. The molecule has 1 N–H and O–H groups in total. The molecule has 0 bridgehead atoms. The lowest BCUT2D eigenvalue weighted by molar-refractivity contribution is -0.384. The van der Waals surface area contributed by atoms with E-state index in [1.54, 1.807) is 6.08 Å². The van der Waals surface area contributed by atoms with Crippen LogP contribution in [0.15, 0.2) is 65.8 Å². The summed E-state index contributed by atoms with van der Waals surface area (Å²) in [5, 5.41) is 14.4. The summed E-state index contributed by atoms with van der Waals surface area (Å²) < 4.78 is 0. The normalized spacial score (nSPS) is 10.9. The summed E-state index contributed by atoms with van der Waals surface area (Å²) >= 11 is 0. The van der Waals surface area contributed by atoms with Crippen LogP contribution in [0.3, 0.4) is 0 Å². The van der Waals surface area contributed by atoms with Gasteiger partial charge in [-0.15, -0.1) is 0 Å². The minimum atomic E-state index is -0.553. The second kappa shape index (κ2) is 7.49. The highest BCUT2D eigenvalue weighted by atomic mass is 16.6. The van der Waals surface area contributed by atoms with E-state index in [0.29, 0.717) is 0 Å². The van der Waals surface area contributed by atoms with Crippen molar-refractivity contribution in [1.82, 2.24) is 5.43 Å². The highest BCUT2D eigenvalue weighted by Crippen LogP contribution is 2.12. The van der Waals surface area contributed by atoms with Crippen molar-refractivity contribution in [1.29, 1.82) is 0 Å². The van der Waals surface area contributed by atoms with Crippen LogP contribution in [-0.2, 0) is 0 Å². The van der Waals surface area contributed by atoms with Crippen LogP contribution in [0.2, 0.25) is 0 Å². The number of nitro groups is 1. The molecule has 0 saturated heterocycles. The van der Waals surface area contributed by atoms with Gasteiger partial charge in [0.2, 0.25) is 0 Å². The quantitative estimate of drug-likeness (QED) is 0.522. The van der Waals surface area contributed by atoms with Crippen molar-refractivity contribution < 1.29 is 9.72 Å². The predicted molar refractivity (Wildman–Crippen MR) is 84.5 cm³/mol. The fourth-order valence-electron chi connectivity index (χ4n) is 1.68. The number of rotatable bonds is 5. The fourth-order valence-corrected chi connectivity index (χ4v) is 1.68. The maximum atomic E-state index is 11.8. The molecule has 2 aromatic carbocycles. The molecule has 0 spiro atoms. The monoisotopic (exact) mass is 295 g/mol. The molecule has 0 aliphatic heterocycles. The number of allylic oxidation sites excluding steroid dienone is 1. The number of non-ortho nitro benzene ring substituents is 1. The van der Waals surface area contributed by atoms with Crippen LogP contribution in [0.4, 0.5) is 5.69 Å².